The SMILES string of the molecule is COC(=O)C1(NC(=O)c2cnn(C)c2C)CCCCC1. The summed E-state index contributed by atoms with van der Waals surface area (Å²) in [6.45, 7) is 1.83. The highest BCUT2D eigenvalue weighted by Gasteiger charge is 2.42. The first-order valence-electron chi connectivity index (χ1n) is 6.90. The molecule has 1 N–H and O–H groups in total. The molecule has 0 atom stereocenters. The van der Waals surface area contributed by atoms with Gasteiger partial charge in [0.15, 0.2) is 0 Å². The molecule has 1 heterocycles. The number of aryl methyl sites for hydroxylation is 1. The van der Waals surface area contributed by atoms with E-state index in [1.165, 1.54) is 13.3 Å². The predicted molar refractivity (Wildman–Crippen MR) is 73.2 cm³/mol. The average Bonchev–Trinajstić information content (AvgIpc) is 2.79. The third-order valence-electron chi connectivity index (χ3n) is 4.12. The van der Waals surface area contributed by atoms with Crippen LogP contribution in [-0.2, 0) is 16.6 Å². The second-order valence-corrected chi connectivity index (χ2v) is 5.36. The van der Waals surface area contributed by atoms with Gasteiger partial charge in [0.25, 0.3) is 5.91 Å². The summed E-state index contributed by atoms with van der Waals surface area (Å²) in [5, 5.41) is 6.94. The molecule has 6 heteroatoms. The van der Waals surface area contributed by atoms with Crippen LogP contribution in [0, 0.1) is 6.92 Å². The van der Waals surface area contributed by atoms with Crippen molar-refractivity contribution in [2.75, 3.05) is 7.11 Å². The highest BCUT2D eigenvalue weighted by atomic mass is 16.5. The molecule has 110 valence electrons. The molecule has 2 rings (SSSR count). The number of aromatic nitrogens is 2. The maximum absolute atomic E-state index is 12.4. The lowest BCUT2D eigenvalue weighted by Crippen LogP contribution is -2.56. The summed E-state index contributed by atoms with van der Waals surface area (Å²) < 4.78 is 6.53. The molecule has 0 spiro atoms. The number of methoxy groups -OCH3 is 1. The van der Waals surface area contributed by atoms with Gasteiger partial charge >= 0.3 is 5.97 Å². The number of amides is 1. The van der Waals surface area contributed by atoms with Crippen LogP contribution in [0.15, 0.2) is 6.20 Å². The highest BCUT2D eigenvalue weighted by molar-refractivity contribution is 5.98. The van der Waals surface area contributed by atoms with Crippen LogP contribution in [0.3, 0.4) is 0 Å². The number of nitrogens with one attached hydrogen (secondary N) is 1. The number of ether oxygens (including phenoxy) is 1. The summed E-state index contributed by atoms with van der Waals surface area (Å²) in [5.74, 6) is -0.616. The molecule has 20 heavy (non-hydrogen) atoms. The Balaban J connectivity index is 2.22. The van der Waals surface area contributed by atoms with E-state index in [1.807, 2.05) is 6.92 Å². The van der Waals surface area contributed by atoms with E-state index in [0.29, 0.717) is 18.4 Å². The minimum absolute atomic E-state index is 0.261. The van der Waals surface area contributed by atoms with Crippen molar-refractivity contribution in [3.05, 3.63) is 17.5 Å². The highest BCUT2D eigenvalue weighted by Crippen LogP contribution is 2.29. The fraction of sp³-hybridized carbons (Fsp3) is 0.643. The summed E-state index contributed by atoms with van der Waals surface area (Å²) in [5.41, 5.74) is 0.395. The normalized spacial score (nSPS) is 17.6. The molecule has 0 unspecified atom stereocenters. The molecule has 0 aromatic carbocycles. The van der Waals surface area contributed by atoms with Crippen LogP contribution in [0.25, 0.3) is 0 Å². The zero-order valence-electron chi connectivity index (χ0n) is 12.2. The van der Waals surface area contributed by atoms with Crippen LogP contribution in [0.5, 0.6) is 0 Å². The van der Waals surface area contributed by atoms with Crippen molar-refractivity contribution in [3.63, 3.8) is 0 Å². The Kier molecular flexibility index (Phi) is 4.11. The quantitative estimate of drug-likeness (QED) is 0.847. The molecule has 1 aromatic heterocycles. The minimum atomic E-state index is -0.883. The molecule has 1 aliphatic rings. The topological polar surface area (TPSA) is 73.2 Å². The van der Waals surface area contributed by atoms with Crippen molar-refractivity contribution < 1.29 is 14.3 Å². The van der Waals surface area contributed by atoms with Crippen molar-refractivity contribution in [1.29, 1.82) is 0 Å². The van der Waals surface area contributed by atoms with Crippen molar-refractivity contribution in [3.8, 4) is 0 Å². The van der Waals surface area contributed by atoms with E-state index >= 15 is 0 Å². The maximum Gasteiger partial charge on any atom is 0.331 e. The first-order chi connectivity index (χ1) is 9.50. The van der Waals surface area contributed by atoms with Gasteiger partial charge in [0.05, 0.1) is 18.9 Å². The molecule has 1 aliphatic carbocycles. The van der Waals surface area contributed by atoms with Gasteiger partial charge in [0.2, 0.25) is 0 Å². The van der Waals surface area contributed by atoms with Crippen LogP contribution < -0.4 is 5.32 Å². The van der Waals surface area contributed by atoms with Gasteiger partial charge in [-0.3, -0.25) is 9.48 Å². The molecule has 0 aliphatic heterocycles. The van der Waals surface area contributed by atoms with Gasteiger partial charge in [0, 0.05) is 12.7 Å². The summed E-state index contributed by atoms with van der Waals surface area (Å²) in [7, 11) is 3.14. The summed E-state index contributed by atoms with van der Waals surface area (Å²) in [4.78, 5) is 24.5. The van der Waals surface area contributed by atoms with Crippen molar-refractivity contribution in [2.45, 2.75) is 44.6 Å². The predicted octanol–water partition coefficient (Wildman–Crippen LogP) is 1.33. The molecule has 0 bridgehead atoms. The first-order valence-corrected chi connectivity index (χ1v) is 6.90. The van der Waals surface area contributed by atoms with E-state index in [9.17, 15) is 9.59 Å². The molecule has 0 radical (unpaired) electrons. The van der Waals surface area contributed by atoms with Gasteiger partial charge in [-0.15, -0.1) is 0 Å². The Morgan fingerprint density at radius 1 is 1.35 bits per heavy atom. The lowest BCUT2D eigenvalue weighted by Gasteiger charge is -2.35. The Morgan fingerprint density at radius 2 is 2.00 bits per heavy atom. The van der Waals surface area contributed by atoms with Gasteiger partial charge in [-0.25, -0.2) is 4.79 Å². The smallest absolute Gasteiger partial charge is 0.331 e. The van der Waals surface area contributed by atoms with Gasteiger partial charge < -0.3 is 10.1 Å². The van der Waals surface area contributed by atoms with E-state index in [1.54, 1.807) is 11.7 Å². The molecule has 6 nitrogen and oxygen atoms in total. The average molecular weight is 279 g/mol. The number of nitrogens with zero attached hydrogens (tertiary/aromatic N) is 2. The van der Waals surface area contributed by atoms with Gasteiger partial charge in [-0.05, 0) is 19.8 Å². The third-order valence-corrected chi connectivity index (χ3v) is 4.12. The fourth-order valence-electron chi connectivity index (χ4n) is 2.74. The van der Waals surface area contributed by atoms with Gasteiger partial charge in [-0.1, -0.05) is 19.3 Å². The molecular weight excluding hydrogens is 258 g/mol. The van der Waals surface area contributed by atoms with E-state index in [4.69, 9.17) is 4.74 Å². The van der Waals surface area contributed by atoms with Gasteiger partial charge in [0.1, 0.15) is 5.54 Å². The molecule has 1 aromatic rings. The largest absolute Gasteiger partial charge is 0.467 e. The van der Waals surface area contributed by atoms with E-state index in [0.717, 1.165) is 25.0 Å². The monoisotopic (exact) mass is 279 g/mol. The number of hydrogen-bond acceptors (Lipinski definition) is 4. The first kappa shape index (κ1) is 14.6. The number of esters is 1. The van der Waals surface area contributed by atoms with Crippen LogP contribution in [-0.4, -0.2) is 34.3 Å². The van der Waals surface area contributed by atoms with Crippen LogP contribution in [0.2, 0.25) is 0 Å². The van der Waals surface area contributed by atoms with Crippen LogP contribution in [0.1, 0.15) is 48.2 Å². The Morgan fingerprint density at radius 3 is 2.50 bits per heavy atom. The second-order valence-electron chi connectivity index (χ2n) is 5.36. The minimum Gasteiger partial charge on any atom is -0.467 e. The summed E-state index contributed by atoms with van der Waals surface area (Å²) in [6, 6.07) is 0. The lowest BCUT2D eigenvalue weighted by atomic mass is 9.81. The van der Waals surface area contributed by atoms with Gasteiger partial charge in [-0.2, -0.15) is 5.10 Å². The zero-order chi connectivity index (χ0) is 14.8. The van der Waals surface area contributed by atoms with Crippen molar-refractivity contribution in [2.24, 2.45) is 7.05 Å². The van der Waals surface area contributed by atoms with Crippen LogP contribution >= 0.6 is 0 Å². The molecule has 1 amide bonds. The number of carbonyl (C=O) groups is 2. The number of rotatable bonds is 3. The van der Waals surface area contributed by atoms with E-state index in [-0.39, 0.29) is 11.9 Å². The summed E-state index contributed by atoms with van der Waals surface area (Å²) in [6.07, 6.45) is 5.71. The molecule has 1 saturated carbocycles. The fourth-order valence-corrected chi connectivity index (χ4v) is 2.74. The molecule has 1 fully saturated rings. The molecule has 0 saturated heterocycles. The van der Waals surface area contributed by atoms with Crippen LogP contribution in [0.4, 0.5) is 0 Å². The summed E-state index contributed by atoms with van der Waals surface area (Å²) >= 11 is 0. The maximum atomic E-state index is 12.4. The Hall–Kier alpha value is -1.85. The van der Waals surface area contributed by atoms with Crippen molar-refractivity contribution >= 4 is 11.9 Å². The zero-order valence-corrected chi connectivity index (χ0v) is 12.2. The van der Waals surface area contributed by atoms with E-state index in [2.05, 4.69) is 10.4 Å². The Bertz CT molecular complexity index is 516. The Labute approximate surface area is 118 Å². The third kappa shape index (κ3) is 2.55. The lowest BCUT2D eigenvalue weighted by molar-refractivity contribution is -0.149. The van der Waals surface area contributed by atoms with Crippen molar-refractivity contribution in [1.82, 2.24) is 15.1 Å². The number of carbonyl (C=O) groups excluding carboxylic acids is 2. The standard InChI is InChI=1S/C14H21N3O3/c1-10-11(9-15-17(10)2)12(18)16-14(13(19)20-3)7-5-4-6-8-14/h9H,4-8H2,1-3H3,(H,16,18). The second kappa shape index (κ2) is 5.64. The molecular formula is C14H21N3O3. The van der Waals surface area contributed by atoms with E-state index < -0.39 is 5.54 Å². The number of hydrogen-bond donors (Lipinski definition) is 1.